The third kappa shape index (κ3) is 9.91. The van der Waals surface area contributed by atoms with Crippen molar-refractivity contribution in [1.29, 1.82) is 5.41 Å². The summed E-state index contributed by atoms with van der Waals surface area (Å²) < 4.78 is 36.2. The molecular weight excluding hydrogens is 530 g/mol. The SMILES string of the molecule is CCOC(=O)COc1ccc(-c2ccccc2C(=O)O)c(C(=O)Nc2ccc(C(=N)N)cc2)c1.CS(=O)(=O)O. The van der Waals surface area contributed by atoms with Gasteiger partial charge in [0, 0.05) is 11.3 Å². The smallest absolute Gasteiger partial charge is 0.344 e. The predicted molar refractivity (Wildman–Crippen MR) is 144 cm³/mol. The van der Waals surface area contributed by atoms with Gasteiger partial charge < -0.3 is 25.6 Å². The van der Waals surface area contributed by atoms with Gasteiger partial charge in [-0.1, -0.05) is 18.2 Å². The lowest BCUT2D eigenvalue weighted by atomic mass is 9.94. The summed E-state index contributed by atoms with van der Waals surface area (Å²) in [5.41, 5.74) is 7.32. The number of benzene rings is 3. The van der Waals surface area contributed by atoms with Gasteiger partial charge in [0.15, 0.2) is 6.61 Å². The molecule has 6 N–H and O–H groups in total. The summed E-state index contributed by atoms with van der Waals surface area (Å²) in [6.45, 7) is 1.55. The second kappa shape index (κ2) is 13.7. The Morgan fingerprint density at radius 2 is 1.56 bits per heavy atom. The highest BCUT2D eigenvalue weighted by molar-refractivity contribution is 7.85. The highest BCUT2D eigenvalue weighted by atomic mass is 32.2. The van der Waals surface area contributed by atoms with Crippen molar-refractivity contribution in [3.8, 4) is 16.9 Å². The zero-order valence-electron chi connectivity index (χ0n) is 21.0. The fourth-order valence-electron chi connectivity index (χ4n) is 3.22. The quantitative estimate of drug-likeness (QED) is 0.112. The van der Waals surface area contributed by atoms with E-state index in [1.807, 2.05) is 0 Å². The Labute approximate surface area is 224 Å². The Morgan fingerprint density at radius 3 is 2.13 bits per heavy atom. The molecule has 0 saturated heterocycles. The predicted octanol–water partition coefficient (Wildman–Crippen LogP) is 3.03. The summed E-state index contributed by atoms with van der Waals surface area (Å²) in [5.74, 6) is -2.07. The number of esters is 1. The van der Waals surface area contributed by atoms with Crippen LogP contribution in [0, 0.1) is 5.41 Å². The number of aromatic carboxylic acids is 1. The van der Waals surface area contributed by atoms with Crippen molar-refractivity contribution in [3.63, 3.8) is 0 Å². The molecule has 0 heterocycles. The van der Waals surface area contributed by atoms with Gasteiger partial charge in [0.25, 0.3) is 16.0 Å². The van der Waals surface area contributed by atoms with Crippen LogP contribution in [0.3, 0.4) is 0 Å². The summed E-state index contributed by atoms with van der Waals surface area (Å²) in [6.07, 6.45) is 0.715. The molecule has 3 aromatic rings. The molecule has 0 aliphatic carbocycles. The van der Waals surface area contributed by atoms with Gasteiger partial charge in [-0.2, -0.15) is 8.42 Å². The number of hydrogen-bond donors (Lipinski definition) is 5. The number of carboxylic acid groups (broad SMARTS) is 1. The number of nitrogens with one attached hydrogen (secondary N) is 2. The topological polar surface area (TPSA) is 206 Å². The van der Waals surface area contributed by atoms with Gasteiger partial charge in [-0.25, -0.2) is 9.59 Å². The van der Waals surface area contributed by atoms with Crippen molar-refractivity contribution in [2.24, 2.45) is 5.73 Å². The van der Waals surface area contributed by atoms with Crippen LogP contribution in [0.25, 0.3) is 11.1 Å². The van der Waals surface area contributed by atoms with Crippen LogP contribution in [0.2, 0.25) is 0 Å². The molecule has 0 saturated carbocycles. The first-order valence-electron chi connectivity index (χ1n) is 11.2. The zero-order chi connectivity index (χ0) is 29.2. The minimum absolute atomic E-state index is 0.0301. The molecule has 0 fully saturated rings. The van der Waals surface area contributed by atoms with Gasteiger partial charge in [0.2, 0.25) is 0 Å². The summed E-state index contributed by atoms with van der Waals surface area (Å²) in [6, 6.07) is 17.3. The lowest BCUT2D eigenvalue weighted by Crippen LogP contribution is -2.16. The number of anilines is 1. The van der Waals surface area contributed by atoms with Crippen molar-refractivity contribution in [1.82, 2.24) is 0 Å². The molecule has 0 aromatic heterocycles. The third-order valence-corrected chi connectivity index (χ3v) is 4.80. The van der Waals surface area contributed by atoms with Crippen LogP contribution < -0.4 is 15.8 Å². The molecule has 0 unspecified atom stereocenters. The molecule has 0 spiro atoms. The first-order chi connectivity index (χ1) is 18.3. The van der Waals surface area contributed by atoms with Crippen LogP contribution in [0.5, 0.6) is 5.75 Å². The Morgan fingerprint density at radius 1 is 0.974 bits per heavy atom. The van der Waals surface area contributed by atoms with E-state index >= 15 is 0 Å². The van der Waals surface area contributed by atoms with E-state index in [-0.39, 0.29) is 35.9 Å². The second-order valence-electron chi connectivity index (χ2n) is 7.83. The van der Waals surface area contributed by atoms with Crippen LogP contribution in [0.15, 0.2) is 66.7 Å². The number of carbonyl (C=O) groups is 3. The molecule has 0 atom stereocenters. The van der Waals surface area contributed by atoms with E-state index in [9.17, 15) is 27.9 Å². The Balaban J connectivity index is 0.000000976. The highest BCUT2D eigenvalue weighted by Gasteiger charge is 2.19. The molecule has 206 valence electrons. The molecule has 13 heteroatoms. The molecule has 1 amide bonds. The number of ether oxygens (including phenoxy) is 2. The van der Waals surface area contributed by atoms with E-state index in [1.54, 1.807) is 61.5 Å². The Bertz CT molecular complexity index is 1460. The van der Waals surface area contributed by atoms with Crippen LogP contribution in [0.1, 0.15) is 33.2 Å². The Hall–Kier alpha value is -4.75. The molecular formula is C26H27N3O9S. The van der Waals surface area contributed by atoms with Gasteiger partial charge in [-0.15, -0.1) is 0 Å². The molecule has 0 aliphatic heterocycles. The van der Waals surface area contributed by atoms with Gasteiger partial charge >= 0.3 is 11.9 Å². The maximum absolute atomic E-state index is 13.2. The fourth-order valence-corrected chi connectivity index (χ4v) is 3.22. The van der Waals surface area contributed by atoms with E-state index in [0.717, 1.165) is 0 Å². The summed E-state index contributed by atoms with van der Waals surface area (Å²) in [7, 11) is -3.67. The van der Waals surface area contributed by atoms with Crippen molar-refractivity contribution in [3.05, 3.63) is 83.4 Å². The number of carbonyl (C=O) groups excluding carboxylic acids is 2. The van der Waals surface area contributed by atoms with Crippen LogP contribution >= 0.6 is 0 Å². The van der Waals surface area contributed by atoms with Gasteiger partial charge in [0.1, 0.15) is 11.6 Å². The lowest BCUT2D eigenvalue weighted by molar-refractivity contribution is -0.145. The van der Waals surface area contributed by atoms with Gasteiger partial charge in [0.05, 0.1) is 24.0 Å². The second-order valence-corrected chi connectivity index (χ2v) is 9.30. The monoisotopic (exact) mass is 557 g/mol. The minimum atomic E-state index is -3.67. The zero-order valence-corrected chi connectivity index (χ0v) is 21.8. The van der Waals surface area contributed by atoms with E-state index in [4.69, 9.17) is 25.2 Å². The standard InChI is InChI=1S/C25H23N3O6.CH4O3S/c1-2-33-22(29)14-34-17-11-12-19(18-5-3-4-6-20(18)25(31)32)21(13-17)24(30)28-16-9-7-15(8-10-16)23(26)27;1-5(2,3)4/h3-13H,2,14H2,1H3,(H3,26,27)(H,28,30)(H,31,32);1H3,(H,2,3,4). The van der Waals surface area contributed by atoms with Crippen molar-refractivity contribution >= 4 is 39.5 Å². The number of amides is 1. The van der Waals surface area contributed by atoms with Gasteiger partial charge in [-0.3, -0.25) is 14.8 Å². The number of rotatable bonds is 9. The fraction of sp³-hybridized carbons (Fsp3) is 0.154. The average molecular weight is 558 g/mol. The first-order valence-corrected chi connectivity index (χ1v) is 13.1. The highest BCUT2D eigenvalue weighted by Crippen LogP contribution is 2.31. The number of nitrogens with two attached hydrogens (primary N) is 1. The molecule has 39 heavy (non-hydrogen) atoms. The normalized spacial score (nSPS) is 10.4. The van der Waals surface area contributed by atoms with Crippen LogP contribution in [0.4, 0.5) is 5.69 Å². The van der Waals surface area contributed by atoms with Crippen LogP contribution in [-0.2, 0) is 19.6 Å². The molecule has 0 bridgehead atoms. The first kappa shape index (κ1) is 30.5. The lowest BCUT2D eigenvalue weighted by Gasteiger charge is -2.15. The molecule has 0 aliphatic rings. The van der Waals surface area contributed by atoms with Gasteiger partial charge in [-0.05, 0) is 66.6 Å². The largest absolute Gasteiger partial charge is 0.482 e. The molecule has 3 rings (SSSR count). The number of nitrogen functional groups attached to an aromatic ring is 1. The van der Waals surface area contributed by atoms with Crippen molar-refractivity contribution in [2.75, 3.05) is 24.8 Å². The summed E-state index contributed by atoms with van der Waals surface area (Å²) in [5, 5.41) is 19.8. The molecule has 12 nitrogen and oxygen atoms in total. The van der Waals surface area contributed by atoms with E-state index in [2.05, 4.69) is 5.32 Å². The maximum Gasteiger partial charge on any atom is 0.344 e. The van der Waals surface area contributed by atoms with E-state index in [1.165, 1.54) is 12.1 Å². The Kier molecular flexibility index (Phi) is 10.7. The summed E-state index contributed by atoms with van der Waals surface area (Å²) >= 11 is 0. The average Bonchev–Trinajstić information content (AvgIpc) is 2.87. The van der Waals surface area contributed by atoms with E-state index < -0.39 is 28.0 Å². The third-order valence-electron chi connectivity index (χ3n) is 4.80. The maximum atomic E-state index is 13.2. The number of amidine groups is 1. The molecule has 0 radical (unpaired) electrons. The minimum Gasteiger partial charge on any atom is -0.482 e. The number of carboxylic acids is 1. The van der Waals surface area contributed by atoms with Crippen LogP contribution in [-0.4, -0.2) is 61.2 Å². The molecule has 3 aromatic carbocycles. The van der Waals surface area contributed by atoms with Crippen molar-refractivity contribution < 1.29 is 41.9 Å². The van der Waals surface area contributed by atoms with E-state index in [0.29, 0.717) is 28.6 Å². The summed E-state index contributed by atoms with van der Waals surface area (Å²) in [4.78, 5) is 36.6. The number of hydrogen-bond acceptors (Lipinski definition) is 8. The van der Waals surface area contributed by atoms with Crippen molar-refractivity contribution in [2.45, 2.75) is 6.92 Å².